The van der Waals surface area contributed by atoms with Gasteiger partial charge in [0.1, 0.15) is 5.54 Å². The molecule has 1 heterocycles. The molecule has 1 aliphatic heterocycles. The van der Waals surface area contributed by atoms with Crippen LogP contribution in [0.25, 0.3) is 0 Å². The number of likely N-dealkylation sites (tertiary alicyclic amines) is 1. The van der Waals surface area contributed by atoms with Gasteiger partial charge in [-0.25, -0.2) is 0 Å². The van der Waals surface area contributed by atoms with E-state index in [-0.39, 0.29) is 5.97 Å². The Morgan fingerprint density at radius 3 is 2.62 bits per heavy atom. The molecular weight excluding hydrogens is 264 g/mol. The second kappa shape index (κ2) is 7.26. The van der Waals surface area contributed by atoms with Gasteiger partial charge in [-0.05, 0) is 18.4 Å². The van der Waals surface area contributed by atoms with Crippen LogP contribution in [0.5, 0.6) is 0 Å². The number of terminal acetylenes is 1. The number of esters is 1. The first kappa shape index (κ1) is 15.6. The second-order valence-electron chi connectivity index (χ2n) is 5.39. The molecule has 1 saturated heterocycles. The number of carbonyl (C=O) groups is 1. The van der Waals surface area contributed by atoms with E-state index in [9.17, 15) is 4.79 Å². The summed E-state index contributed by atoms with van der Waals surface area (Å²) < 4.78 is 4.96. The van der Waals surface area contributed by atoms with Crippen molar-refractivity contribution in [1.29, 1.82) is 0 Å². The van der Waals surface area contributed by atoms with E-state index in [1.54, 1.807) is 0 Å². The summed E-state index contributed by atoms with van der Waals surface area (Å²) in [6, 6.07) is 10.4. The Hall–Kier alpha value is -1.83. The zero-order valence-electron chi connectivity index (χ0n) is 12.5. The van der Waals surface area contributed by atoms with Gasteiger partial charge in [-0.15, -0.1) is 6.42 Å². The number of piperidine rings is 1. The van der Waals surface area contributed by atoms with Crippen molar-refractivity contribution in [2.75, 3.05) is 26.7 Å². The van der Waals surface area contributed by atoms with Gasteiger partial charge in [-0.2, -0.15) is 0 Å². The Bertz CT molecular complexity index is 499. The minimum Gasteiger partial charge on any atom is -0.468 e. The summed E-state index contributed by atoms with van der Waals surface area (Å²) in [5.41, 5.74) is 0.661. The summed E-state index contributed by atoms with van der Waals surface area (Å²) in [7, 11) is 1.43. The van der Waals surface area contributed by atoms with Gasteiger partial charge in [0, 0.05) is 19.6 Å². The van der Waals surface area contributed by atoms with Crippen LogP contribution in [0.4, 0.5) is 0 Å². The Balaban J connectivity index is 1.96. The fourth-order valence-electron chi connectivity index (χ4n) is 2.80. The van der Waals surface area contributed by atoms with Crippen LogP contribution in [0.3, 0.4) is 0 Å². The normalized spacial score (nSPS) is 17.9. The zero-order chi connectivity index (χ0) is 15.1. The molecule has 1 aromatic carbocycles. The number of carbonyl (C=O) groups excluding carboxylic acids is 1. The summed E-state index contributed by atoms with van der Waals surface area (Å²) in [5.74, 6) is 2.33. The van der Waals surface area contributed by atoms with Gasteiger partial charge < -0.3 is 4.74 Å². The SMILES string of the molecule is C#CCNC1(C(=O)OC)CCN(Cc2ccccc2)CC1. The van der Waals surface area contributed by atoms with E-state index in [1.807, 2.05) is 18.2 Å². The van der Waals surface area contributed by atoms with Crippen LogP contribution in [-0.4, -0.2) is 43.2 Å². The van der Waals surface area contributed by atoms with Crippen molar-refractivity contribution in [3.63, 3.8) is 0 Å². The first-order chi connectivity index (χ1) is 10.2. The monoisotopic (exact) mass is 286 g/mol. The van der Waals surface area contributed by atoms with Crippen molar-refractivity contribution < 1.29 is 9.53 Å². The van der Waals surface area contributed by atoms with Crippen LogP contribution in [0.2, 0.25) is 0 Å². The van der Waals surface area contributed by atoms with E-state index >= 15 is 0 Å². The average Bonchev–Trinajstić information content (AvgIpc) is 2.54. The van der Waals surface area contributed by atoms with E-state index in [4.69, 9.17) is 11.2 Å². The fraction of sp³-hybridized carbons (Fsp3) is 0.471. The maximum absolute atomic E-state index is 12.1. The summed E-state index contributed by atoms with van der Waals surface area (Å²) in [6.45, 7) is 2.99. The van der Waals surface area contributed by atoms with E-state index in [0.29, 0.717) is 19.4 Å². The van der Waals surface area contributed by atoms with Crippen LogP contribution in [0.1, 0.15) is 18.4 Å². The molecule has 0 atom stereocenters. The number of methoxy groups -OCH3 is 1. The number of nitrogens with zero attached hydrogens (tertiary/aromatic N) is 1. The number of ether oxygens (including phenoxy) is 1. The molecule has 4 heteroatoms. The average molecular weight is 286 g/mol. The van der Waals surface area contributed by atoms with Gasteiger partial charge in [-0.3, -0.25) is 15.0 Å². The highest BCUT2D eigenvalue weighted by atomic mass is 16.5. The third kappa shape index (κ3) is 3.84. The molecule has 0 amide bonds. The Morgan fingerprint density at radius 2 is 2.05 bits per heavy atom. The number of hydrogen-bond donors (Lipinski definition) is 1. The predicted octanol–water partition coefficient (Wildman–Crippen LogP) is 1.42. The highest BCUT2D eigenvalue weighted by molar-refractivity contribution is 5.81. The molecule has 0 radical (unpaired) electrons. The molecule has 1 aromatic rings. The summed E-state index contributed by atoms with van der Waals surface area (Å²) in [4.78, 5) is 14.4. The number of rotatable bonds is 5. The molecule has 2 rings (SSSR count). The van der Waals surface area contributed by atoms with Crippen molar-refractivity contribution in [2.24, 2.45) is 0 Å². The van der Waals surface area contributed by atoms with Crippen molar-refractivity contribution in [3.05, 3.63) is 35.9 Å². The largest absolute Gasteiger partial charge is 0.468 e. The molecule has 1 fully saturated rings. The highest BCUT2D eigenvalue weighted by Gasteiger charge is 2.41. The smallest absolute Gasteiger partial charge is 0.326 e. The predicted molar refractivity (Wildman–Crippen MR) is 82.5 cm³/mol. The van der Waals surface area contributed by atoms with Crippen LogP contribution in [-0.2, 0) is 16.1 Å². The molecule has 4 nitrogen and oxygen atoms in total. The topological polar surface area (TPSA) is 41.6 Å². The summed E-state index contributed by atoms with van der Waals surface area (Å²) in [6.07, 6.45) is 6.73. The number of nitrogens with one attached hydrogen (secondary N) is 1. The minimum absolute atomic E-state index is 0.211. The van der Waals surface area contributed by atoms with Gasteiger partial charge >= 0.3 is 5.97 Å². The Morgan fingerprint density at radius 1 is 1.38 bits per heavy atom. The van der Waals surface area contributed by atoms with E-state index in [0.717, 1.165) is 19.6 Å². The lowest BCUT2D eigenvalue weighted by atomic mass is 9.87. The quantitative estimate of drug-likeness (QED) is 0.656. The molecule has 1 N–H and O–H groups in total. The molecule has 0 unspecified atom stereocenters. The molecule has 0 aliphatic carbocycles. The Labute approximate surface area is 126 Å². The maximum Gasteiger partial charge on any atom is 0.326 e. The van der Waals surface area contributed by atoms with Crippen LogP contribution >= 0.6 is 0 Å². The van der Waals surface area contributed by atoms with Gasteiger partial charge in [0.2, 0.25) is 0 Å². The molecule has 0 saturated carbocycles. The standard InChI is InChI=1S/C17H22N2O2/c1-3-11-18-17(16(20)21-2)9-12-19(13-10-17)14-15-7-5-4-6-8-15/h1,4-8,18H,9-14H2,2H3. The number of hydrogen-bond acceptors (Lipinski definition) is 4. The van der Waals surface area contributed by atoms with Gasteiger partial charge in [-0.1, -0.05) is 36.3 Å². The van der Waals surface area contributed by atoms with E-state index in [1.165, 1.54) is 12.7 Å². The van der Waals surface area contributed by atoms with Crippen molar-refractivity contribution >= 4 is 5.97 Å². The molecule has 0 aromatic heterocycles. The first-order valence-corrected chi connectivity index (χ1v) is 7.23. The second-order valence-corrected chi connectivity index (χ2v) is 5.39. The molecule has 0 bridgehead atoms. The Kier molecular flexibility index (Phi) is 5.38. The first-order valence-electron chi connectivity index (χ1n) is 7.23. The third-order valence-electron chi connectivity index (χ3n) is 4.06. The van der Waals surface area contributed by atoms with Crippen LogP contribution in [0.15, 0.2) is 30.3 Å². The maximum atomic E-state index is 12.1. The van der Waals surface area contributed by atoms with Gasteiger partial charge in [0.15, 0.2) is 0 Å². The van der Waals surface area contributed by atoms with Crippen LogP contribution in [0, 0.1) is 12.3 Å². The summed E-state index contributed by atoms with van der Waals surface area (Å²) >= 11 is 0. The lowest BCUT2D eigenvalue weighted by molar-refractivity contribution is -0.150. The molecular formula is C17H22N2O2. The minimum atomic E-state index is -0.631. The van der Waals surface area contributed by atoms with E-state index in [2.05, 4.69) is 28.3 Å². The molecule has 0 spiro atoms. The lowest BCUT2D eigenvalue weighted by Crippen LogP contribution is -2.58. The highest BCUT2D eigenvalue weighted by Crippen LogP contribution is 2.24. The van der Waals surface area contributed by atoms with Crippen molar-refractivity contribution in [1.82, 2.24) is 10.2 Å². The molecule has 1 aliphatic rings. The van der Waals surface area contributed by atoms with Gasteiger partial charge in [0.05, 0.1) is 13.7 Å². The summed E-state index contributed by atoms with van der Waals surface area (Å²) in [5, 5.41) is 3.18. The van der Waals surface area contributed by atoms with Gasteiger partial charge in [0.25, 0.3) is 0 Å². The lowest BCUT2D eigenvalue weighted by Gasteiger charge is -2.40. The molecule has 21 heavy (non-hydrogen) atoms. The fourth-order valence-corrected chi connectivity index (χ4v) is 2.80. The van der Waals surface area contributed by atoms with Crippen molar-refractivity contribution in [2.45, 2.75) is 24.9 Å². The third-order valence-corrected chi connectivity index (χ3v) is 4.06. The van der Waals surface area contributed by atoms with Crippen LogP contribution < -0.4 is 5.32 Å². The zero-order valence-corrected chi connectivity index (χ0v) is 12.5. The number of benzene rings is 1. The van der Waals surface area contributed by atoms with E-state index < -0.39 is 5.54 Å². The molecule has 112 valence electrons. The van der Waals surface area contributed by atoms with Crippen molar-refractivity contribution in [3.8, 4) is 12.3 Å².